The number of nitrogens with one attached hydrogen (secondary N) is 1. The Morgan fingerprint density at radius 1 is 1.36 bits per heavy atom. The van der Waals surface area contributed by atoms with E-state index in [2.05, 4.69) is 10.3 Å². The molecule has 1 aromatic carbocycles. The highest BCUT2D eigenvalue weighted by molar-refractivity contribution is 7.99. The Morgan fingerprint density at radius 2 is 2.08 bits per heavy atom. The topological polar surface area (TPSA) is 128 Å². The van der Waals surface area contributed by atoms with Crippen LogP contribution in [0.1, 0.15) is 11.3 Å². The van der Waals surface area contributed by atoms with Gasteiger partial charge in [0.1, 0.15) is 0 Å². The zero-order valence-electron chi connectivity index (χ0n) is 12.9. The minimum atomic E-state index is -0.484. The highest BCUT2D eigenvalue weighted by atomic mass is 32.2. The molecule has 10 heteroatoms. The summed E-state index contributed by atoms with van der Waals surface area (Å²) in [6.07, 6.45) is 2.88. The lowest BCUT2D eigenvalue weighted by Gasteiger charge is -1.97. The third kappa shape index (κ3) is 6.36. The van der Waals surface area contributed by atoms with E-state index in [1.807, 2.05) is 0 Å². The first-order valence-electron chi connectivity index (χ1n) is 6.98. The average molecular weight is 378 g/mol. The van der Waals surface area contributed by atoms with Gasteiger partial charge >= 0.3 is 0 Å². The lowest BCUT2D eigenvalue weighted by Crippen LogP contribution is -2.13. The number of primary amides is 1. The van der Waals surface area contributed by atoms with Crippen molar-refractivity contribution in [2.45, 2.75) is 5.75 Å². The van der Waals surface area contributed by atoms with E-state index >= 15 is 0 Å². The molecule has 0 unspecified atom stereocenters. The van der Waals surface area contributed by atoms with Crippen LogP contribution in [0.5, 0.6) is 0 Å². The van der Waals surface area contributed by atoms with Gasteiger partial charge in [0.2, 0.25) is 11.8 Å². The number of thiazole rings is 1. The maximum absolute atomic E-state index is 11.9. The quantitative estimate of drug-likeness (QED) is 0.412. The van der Waals surface area contributed by atoms with Gasteiger partial charge in [-0.25, -0.2) is 4.98 Å². The molecule has 0 saturated heterocycles. The largest absolute Gasteiger partial charge is 0.369 e. The van der Waals surface area contributed by atoms with Crippen molar-refractivity contribution < 1.29 is 14.5 Å². The van der Waals surface area contributed by atoms with Crippen LogP contribution in [0.4, 0.5) is 10.8 Å². The van der Waals surface area contributed by atoms with Crippen molar-refractivity contribution in [1.82, 2.24) is 4.98 Å². The minimum Gasteiger partial charge on any atom is -0.369 e. The first kappa shape index (κ1) is 18.6. The molecular weight excluding hydrogens is 364 g/mol. The molecule has 0 radical (unpaired) electrons. The summed E-state index contributed by atoms with van der Waals surface area (Å²) in [7, 11) is 0. The maximum Gasteiger partial charge on any atom is 0.269 e. The van der Waals surface area contributed by atoms with Gasteiger partial charge in [0.25, 0.3) is 5.69 Å². The monoisotopic (exact) mass is 378 g/mol. The Bertz CT molecular complexity index is 802. The molecule has 0 spiro atoms. The molecule has 3 N–H and O–H groups in total. The number of thioether (sulfide) groups is 1. The third-order valence-electron chi connectivity index (χ3n) is 2.81. The summed E-state index contributed by atoms with van der Waals surface area (Å²) >= 11 is 2.63. The fourth-order valence-corrected chi connectivity index (χ4v) is 3.19. The van der Waals surface area contributed by atoms with Crippen molar-refractivity contribution in [3.63, 3.8) is 0 Å². The van der Waals surface area contributed by atoms with Crippen molar-refractivity contribution in [3.05, 3.63) is 57.1 Å². The second-order valence-electron chi connectivity index (χ2n) is 4.77. The normalized spacial score (nSPS) is 10.7. The van der Waals surface area contributed by atoms with E-state index in [0.717, 1.165) is 5.69 Å². The molecule has 8 nitrogen and oxygen atoms in total. The van der Waals surface area contributed by atoms with Gasteiger partial charge < -0.3 is 5.73 Å². The molecule has 0 aliphatic rings. The van der Waals surface area contributed by atoms with E-state index in [0.29, 0.717) is 16.4 Å². The van der Waals surface area contributed by atoms with Crippen LogP contribution in [-0.4, -0.2) is 27.5 Å². The van der Waals surface area contributed by atoms with Crippen molar-refractivity contribution in [2.75, 3.05) is 11.1 Å². The highest BCUT2D eigenvalue weighted by Gasteiger charge is 2.06. The minimum absolute atomic E-state index is 0.00822. The molecule has 0 bridgehead atoms. The Labute approximate surface area is 151 Å². The zero-order valence-corrected chi connectivity index (χ0v) is 14.5. The van der Waals surface area contributed by atoms with E-state index in [1.165, 1.54) is 41.3 Å². The molecule has 2 amide bonds. The SMILES string of the molecule is NC(=O)CSCc1csc(NC(=O)/C=C/c2ccc([N+](=O)[O-])cc2)n1. The highest BCUT2D eigenvalue weighted by Crippen LogP contribution is 2.19. The fourth-order valence-electron chi connectivity index (χ4n) is 1.71. The van der Waals surface area contributed by atoms with E-state index < -0.39 is 4.92 Å². The lowest BCUT2D eigenvalue weighted by molar-refractivity contribution is -0.384. The molecule has 1 heterocycles. The number of rotatable bonds is 8. The molecule has 0 saturated carbocycles. The van der Waals surface area contributed by atoms with Gasteiger partial charge in [-0.05, 0) is 23.8 Å². The van der Waals surface area contributed by atoms with Crippen LogP contribution in [0.2, 0.25) is 0 Å². The van der Waals surface area contributed by atoms with Gasteiger partial charge in [0, 0.05) is 29.3 Å². The van der Waals surface area contributed by atoms with Crippen LogP contribution in [0.25, 0.3) is 6.08 Å². The molecule has 2 aromatic rings. The van der Waals surface area contributed by atoms with E-state index in [4.69, 9.17) is 5.73 Å². The molecule has 2 rings (SSSR count). The van der Waals surface area contributed by atoms with Crippen molar-refractivity contribution in [3.8, 4) is 0 Å². The number of nitrogens with two attached hydrogens (primary N) is 1. The average Bonchev–Trinajstić information content (AvgIpc) is 3.00. The number of amides is 2. The van der Waals surface area contributed by atoms with Gasteiger partial charge in [-0.15, -0.1) is 23.1 Å². The number of carbonyl (C=O) groups is 2. The Hall–Kier alpha value is -2.72. The Kier molecular flexibility index (Phi) is 6.66. The van der Waals surface area contributed by atoms with Gasteiger partial charge in [0.05, 0.1) is 16.4 Å². The predicted octanol–water partition coefficient (Wildman–Crippen LogP) is 2.42. The lowest BCUT2D eigenvalue weighted by atomic mass is 10.2. The molecule has 0 aliphatic heterocycles. The molecule has 0 aliphatic carbocycles. The van der Waals surface area contributed by atoms with E-state index in [-0.39, 0.29) is 23.3 Å². The van der Waals surface area contributed by atoms with Crippen LogP contribution in [0, 0.1) is 10.1 Å². The summed E-state index contributed by atoms with van der Waals surface area (Å²) in [4.78, 5) is 36.9. The molecular formula is C15H14N4O4S2. The second kappa shape index (κ2) is 8.94. The van der Waals surface area contributed by atoms with Gasteiger partial charge in [-0.3, -0.25) is 25.0 Å². The Balaban J connectivity index is 1.86. The Morgan fingerprint density at radius 3 is 2.72 bits per heavy atom. The van der Waals surface area contributed by atoms with Crippen molar-refractivity contribution >= 4 is 51.8 Å². The summed E-state index contributed by atoms with van der Waals surface area (Å²) in [5, 5.41) is 15.5. The summed E-state index contributed by atoms with van der Waals surface area (Å²) in [6, 6.07) is 5.85. The summed E-state index contributed by atoms with van der Waals surface area (Å²) in [5.41, 5.74) is 6.47. The molecule has 1 aromatic heterocycles. The first-order chi connectivity index (χ1) is 11.9. The number of carbonyl (C=O) groups excluding carboxylic acids is 2. The van der Waals surface area contributed by atoms with Crippen molar-refractivity contribution in [1.29, 1.82) is 0 Å². The van der Waals surface area contributed by atoms with Gasteiger partial charge in [-0.2, -0.15) is 0 Å². The van der Waals surface area contributed by atoms with Crippen LogP contribution in [-0.2, 0) is 15.3 Å². The van der Waals surface area contributed by atoms with E-state index in [9.17, 15) is 19.7 Å². The zero-order chi connectivity index (χ0) is 18.2. The van der Waals surface area contributed by atoms with Crippen molar-refractivity contribution in [2.24, 2.45) is 5.73 Å². The first-order valence-corrected chi connectivity index (χ1v) is 9.01. The molecule has 25 heavy (non-hydrogen) atoms. The van der Waals surface area contributed by atoms with Gasteiger partial charge in [0.15, 0.2) is 5.13 Å². The molecule has 130 valence electrons. The van der Waals surface area contributed by atoms with Crippen LogP contribution >= 0.6 is 23.1 Å². The number of aromatic nitrogens is 1. The standard InChI is InChI=1S/C15H14N4O4S2/c16-13(20)9-24-7-11-8-25-15(17-11)18-14(21)6-3-10-1-4-12(5-2-10)19(22)23/h1-6,8H,7,9H2,(H2,16,20)(H,17,18,21)/b6-3+. The molecule has 0 fully saturated rings. The number of nitro groups is 1. The summed E-state index contributed by atoms with van der Waals surface area (Å²) < 4.78 is 0. The van der Waals surface area contributed by atoms with Crippen LogP contribution in [0.3, 0.4) is 0 Å². The van der Waals surface area contributed by atoms with E-state index in [1.54, 1.807) is 23.6 Å². The van der Waals surface area contributed by atoms with Crippen LogP contribution < -0.4 is 11.1 Å². The summed E-state index contributed by atoms with van der Waals surface area (Å²) in [5.74, 6) is 0.0136. The van der Waals surface area contributed by atoms with Gasteiger partial charge in [-0.1, -0.05) is 0 Å². The number of nitro benzene ring substituents is 1. The smallest absolute Gasteiger partial charge is 0.269 e. The number of anilines is 1. The maximum atomic E-state index is 11.9. The number of hydrogen-bond donors (Lipinski definition) is 2. The number of hydrogen-bond acceptors (Lipinski definition) is 7. The summed E-state index contributed by atoms with van der Waals surface area (Å²) in [6.45, 7) is 0. The fraction of sp³-hybridized carbons (Fsp3) is 0.133. The number of non-ortho nitro benzene ring substituents is 1. The predicted molar refractivity (Wildman–Crippen MR) is 98.2 cm³/mol. The third-order valence-corrected chi connectivity index (χ3v) is 4.60. The number of benzene rings is 1. The number of nitrogens with zero attached hydrogens (tertiary/aromatic N) is 2. The molecule has 0 atom stereocenters. The van der Waals surface area contributed by atoms with Crippen LogP contribution in [0.15, 0.2) is 35.7 Å². The second-order valence-corrected chi connectivity index (χ2v) is 6.62.